The molecule has 40 heavy (non-hydrogen) atoms. The van der Waals surface area contributed by atoms with Gasteiger partial charge in [-0.1, -0.05) is 82.7 Å². The number of Topliss-reactive ketones (excluding diaryl/α,β-unsaturated/α-hetero) is 1. The Balaban J connectivity index is 2.17. The summed E-state index contributed by atoms with van der Waals surface area (Å²) in [6.07, 6.45) is 0.125. The molecule has 4 atom stereocenters. The molecule has 1 aromatic rings. The number of carboxylic acid groups (broad SMARTS) is 1. The summed E-state index contributed by atoms with van der Waals surface area (Å²) in [5, 5.41) is 16.3. The number of carbonyl (C=O) groups excluding carboxylic acids is 4. The lowest BCUT2D eigenvalue weighted by Gasteiger charge is -2.30. The number of aliphatic carboxylic acids is 1. The highest BCUT2D eigenvalue weighted by Gasteiger charge is 2.35. The number of benzene rings is 1. The number of hydrogen-bond donors (Lipinski definition) is 4. The van der Waals surface area contributed by atoms with Gasteiger partial charge in [0.1, 0.15) is 24.7 Å². The summed E-state index contributed by atoms with van der Waals surface area (Å²) >= 11 is 0. The van der Waals surface area contributed by atoms with Gasteiger partial charge in [0.15, 0.2) is 0 Å². The Hall–Kier alpha value is -3.57. The molecule has 0 bridgehead atoms. The van der Waals surface area contributed by atoms with Gasteiger partial charge in [-0.05, 0) is 23.8 Å². The summed E-state index contributed by atoms with van der Waals surface area (Å²) in [7, 11) is 0. The molecule has 222 valence electrons. The lowest BCUT2D eigenvalue weighted by atomic mass is 9.84. The molecule has 1 aromatic carbocycles. The van der Waals surface area contributed by atoms with Gasteiger partial charge in [0.25, 0.3) is 5.78 Å². The summed E-state index contributed by atoms with van der Waals surface area (Å²) in [5.74, 6) is -5.45. The normalized spacial score (nSPS) is 16.7. The monoisotopic (exact) mass is 567 g/mol. The van der Waals surface area contributed by atoms with Crippen molar-refractivity contribution in [3.05, 3.63) is 35.9 Å². The van der Waals surface area contributed by atoms with E-state index in [2.05, 4.69) is 16.0 Å². The number of alkyl carbamates (subject to hydrolysis) is 1. The third-order valence-electron chi connectivity index (χ3n) is 7.17. The van der Waals surface area contributed by atoms with Crippen LogP contribution in [0, 0.1) is 11.8 Å². The SMILES string of the molecule is CCC(C)[C@H](NC(=O)OCc1ccccc1)C(=O)N[C@@H](CC1CCCCC1)C(=O)N[C@@H](CC(F)F)C(=O)C(=O)O. The molecule has 1 aliphatic rings. The lowest BCUT2D eigenvalue weighted by Crippen LogP contribution is -2.58. The van der Waals surface area contributed by atoms with Crippen LogP contribution in [-0.4, -0.2) is 59.3 Å². The van der Waals surface area contributed by atoms with Gasteiger partial charge in [-0.25, -0.2) is 18.4 Å². The molecule has 0 aliphatic heterocycles. The summed E-state index contributed by atoms with van der Waals surface area (Å²) in [5.41, 5.74) is 0.751. The van der Waals surface area contributed by atoms with E-state index in [0.717, 1.165) is 37.7 Å². The first-order valence-electron chi connectivity index (χ1n) is 13.6. The quantitative estimate of drug-likeness (QED) is 0.237. The van der Waals surface area contributed by atoms with E-state index in [-0.39, 0.29) is 24.9 Å². The van der Waals surface area contributed by atoms with E-state index in [0.29, 0.717) is 6.42 Å². The molecule has 1 aliphatic carbocycles. The van der Waals surface area contributed by atoms with Crippen LogP contribution in [0.25, 0.3) is 0 Å². The first kappa shape index (κ1) is 32.6. The highest BCUT2D eigenvalue weighted by Crippen LogP contribution is 2.27. The van der Waals surface area contributed by atoms with Crippen molar-refractivity contribution in [1.29, 1.82) is 0 Å². The maximum Gasteiger partial charge on any atom is 0.408 e. The summed E-state index contributed by atoms with van der Waals surface area (Å²) in [6.45, 7) is 3.54. The highest BCUT2D eigenvalue weighted by atomic mass is 19.3. The average molecular weight is 568 g/mol. The van der Waals surface area contributed by atoms with Crippen LogP contribution in [0.3, 0.4) is 0 Å². The highest BCUT2D eigenvalue weighted by molar-refractivity contribution is 6.35. The summed E-state index contributed by atoms with van der Waals surface area (Å²) < 4.78 is 31.3. The Morgan fingerprint density at radius 1 is 0.950 bits per heavy atom. The number of hydrogen-bond acceptors (Lipinski definition) is 6. The van der Waals surface area contributed by atoms with Crippen molar-refractivity contribution in [2.45, 2.75) is 96.4 Å². The van der Waals surface area contributed by atoms with E-state index in [4.69, 9.17) is 9.84 Å². The first-order valence-corrected chi connectivity index (χ1v) is 13.6. The number of halogens is 2. The third kappa shape index (κ3) is 10.9. The average Bonchev–Trinajstić information content (AvgIpc) is 2.93. The van der Waals surface area contributed by atoms with E-state index < -0.39 is 60.6 Å². The number of carboxylic acids is 1. The molecule has 4 N–H and O–H groups in total. The molecule has 12 heteroatoms. The predicted octanol–water partition coefficient (Wildman–Crippen LogP) is 3.58. The maximum atomic E-state index is 13.4. The smallest absolute Gasteiger partial charge is 0.408 e. The van der Waals surface area contributed by atoms with Gasteiger partial charge in [0.05, 0.1) is 0 Å². The standard InChI is InChI=1S/C28H39F2N3O7/c1-3-17(2)23(33-28(39)40-16-19-12-8-5-9-13-19)26(36)32-21(14-18-10-6-4-7-11-18)25(35)31-20(15-22(29)30)24(34)27(37)38/h5,8-9,12-13,17-18,20-23H,3-4,6-7,10-11,14-16H2,1-2H3,(H,31,35)(H,32,36)(H,33,39)(H,37,38)/t17?,20-,21-,23-/m0/s1. The lowest BCUT2D eigenvalue weighted by molar-refractivity contribution is -0.151. The Kier molecular flexibility index (Phi) is 13.5. The molecule has 10 nitrogen and oxygen atoms in total. The largest absolute Gasteiger partial charge is 0.475 e. The van der Waals surface area contributed by atoms with Gasteiger partial charge in [0, 0.05) is 6.42 Å². The number of nitrogens with one attached hydrogen (secondary N) is 3. The molecular formula is C28H39F2N3O7. The fourth-order valence-electron chi connectivity index (χ4n) is 4.67. The van der Waals surface area contributed by atoms with Crippen molar-refractivity contribution in [2.75, 3.05) is 0 Å². The molecule has 0 heterocycles. The number of amides is 3. The number of ether oxygens (including phenoxy) is 1. The second kappa shape index (κ2) is 16.5. The summed E-state index contributed by atoms with van der Waals surface area (Å²) in [4.78, 5) is 62.2. The third-order valence-corrected chi connectivity index (χ3v) is 7.17. The van der Waals surface area contributed by atoms with Crippen molar-refractivity contribution in [2.24, 2.45) is 11.8 Å². The van der Waals surface area contributed by atoms with Gasteiger partial charge >= 0.3 is 12.1 Å². The first-order chi connectivity index (χ1) is 19.0. The molecule has 3 amide bonds. The molecule has 0 saturated heterocycles. The minimum atomic E-state index is -3.04. The van der Waals surface area contributed by atoms with Crippen LogP contribution in [0.2, 0.25) is 0 Å². The zero-order chi connectivity index (χ0) is 29.7. The van der Waals surface area contributed by atoms with Gasteiger partial charge < -0.3 is 25.8 Å². The van der Waals surface area contributed by atoms with Crippen molar-refractivity contribution >= 4 is 29.7 Å². The topological polar surface area (TPSA) is 151 Å². The van der Waals surface area contributed by atoms with E-state index >= 15 is 0 Å². The second-order valence-electron chi connectivity index (χ2n) is 10.2. The van der Waals surface area contributed by atoms with Gasteiger partial charge in [-0.2, -0.15) is 0 Å². The van der Waals surface area contributed by atoms with E-state index in [1.165, 1.54) is 0 Å². The minimum absolute atomic E-state index is 0.0165. The number of alkyl halides is 2. The fraction of sp³-hybridized carbons (Fsp3) is 0.607. The molecule has 0 spiro atoms. The van der Waals surface area contributed by atoms with E-state index in [1.807, 2.05) is 13.0 Å². The molecule has 0 aromatic heterocycles. The van der Waals surface area contributed by atoms with E-state index in [9.17, 15) is 32.8 Å². The second-order valence-corrected chi connectivity index (χ2v) is 10.2. The fourth-order valence-corrected chi connectivity index (χ4v) is 4.67. The van der Waals surface area contributed by atoms with Crippen LogP contribution in [0.1, 0.15) is 70.8 Å². The van der Waals surface area contributed by atoms with Crippen LogP contribution in [0.5, 0.6) is 0 Å². The van der Waals surface area contributed by atoms with E-state index in [1.54, 1.807) is 31.2 Å². The van der Waals surface area contributed by atoms with Crippen LogP contribution >= 0.6 is 0 Å². The van der Waals surface area contributed by atoms with Crippen LogP contribution in [0.4, 0.5) is 13.6 Å². The van der Waals surface area contributed by atoms with Crippen molar-refractivity contribution < 1.29 is 42.6 Å². The maximum absolute atomic E-state index is 13.4. The minimum Gasteiger partial charge on any atom is -0.475 e. The summed E-state index contributed by atoms with van der Waals surface area (Å²) in [6, 6.07) is 4.69. The van der Waals surface area contributed by atoms with Crippen LogP contribution < -0.4 is 16.0 Å². The molecule has 0 radical (unpaired) electrons. The molecule has 1 unspecified atom stereocenters. The Morgan fingerprint density at radius 3 is 2.15 bits per heavy atom. The molecule has 1 saturated carbocycles. The number of ketones is 1. The number of rotatable bonds is 15. The number of carbonyl (C=O) groups is 5. The van der Waals surface area contributed by atoms with Crippen LogP contribution in [-0.2, 0) is 30.5 Å². The molecule has 1 fully saturated rings. The van der Waals surface area contributed by atoms with Gasteiger partial charge in [-0.15, -0.1) is 0 Å². The molecule has 2 rings (SSSR count). The van der Waals surface area contributed by atoms with Crippen molar-refractivity contribution in [1.82, 2.24) is 16.0 Å². The molecular weight excluding hydrogens is 528 g/mol. The van der Waals surface area contributed by atoms with Gasteiger partial charge in [-0.3, -0.25) is 14.4 Å². The van der Waals surface area contributed by atoms with Crippen molar-refractivity contribution in [3.8, 4) is 0 Å². The van der Waals surface area contributed by atoms with Crippen molar-refractivity contribution in [3.63, 3.8) is 0 Å². The zero-order valence-electron chi connectivity index (χ0n) is 22.9. The van der Waals surface area contributed by atoms with Gasteiger partial charge in [0.2, 0.25) is 18.2 Å². The Labute approximate surface area is 232 Å². The Morgan fingerprint density at radius 2 is 1.57 bits per heavy atom. The predicted molar refractivity (Wildman–Crippen MR) is 141 cm³/mol. The van der Waals surface area contributed by atoms with Crippen LogP contribution in [0.15, 0.2) is 30.3 Å². The Bertz CT molecular complexity index is 1000. The zero-order valence-corrected chi connectivity index (χ0v) is 22.9.